The Kier molecular flexibility index (Phi) is 4.63. The molecule has 2 heterocycles. The van der Waals surface area contributed by atoms with Crippen molar-refractivity contribution in [2.75, 3.05) is 26.4 Å². The molecule has 2 aliphatic heterocycles. The van der Waals surface area contributed by atoms with Gasteiger partial charge in [-0.05, 0) is 6.07 Å². The van der Waals surface area contributed by atoms with Gasteiger partial charge in [0, 0.05) is 31.0 Å². The minimum Gasteiger partial charge on any atom is -0.492 e. The molecule has 1 aromatic rings. The second-order valence-electron chi connectivity index (χ2n) is 5.35. The molecular formula is C15H19ClN2O3. The molecule has 2 aliphatic rings. The van der Waals surface area contributed by atoms with Crippen LogP contribution in [0.25, 0.3) is 0 Å². The number of halogens is 1. The first-order chi connectivity index (χ1) is 10.2. The highest BCUT2D eigenvalue weighted by Crippen LogP contribution is 2.37. The van der Waals surface area contributed by atoms with Crippen LogP contribution in [-0.4, -0.2) is 38.3 Å². The van der Waals surface area contributed by atoms with E-state index < -0.39 is 0 Å². The zero-order valence-corrected chi connectivity index (χ0v) is 12.5. The van der Waals surface area contributed by atoms with Gasteiger partial charge in [-0.25, -0.2) is 0 Å². The van der Waals surface area contributed by atoms with E-state index in [2.05, 4.69) is 10.6 Å². The SMILES string of the molecule is O=C(CC1COCCN1)NC1CCOc2c(Cl)cccc21. The average molecular weight is 311 g/mol. The molecule has 0 spiro atoms. The van der Waals surface area contributed by atoms with Crippen LogP contribution in [0.3, 0.4) is 0 Å². The number of carbonyl (C=O) groups is 1. The van der Waals surface area contributed by atoms with Crippen LogP contribution in [-0.2, 0) is 9.53 Å². The lowest BCUT2D eigenvalue weighted by Gasteiger charge is -2.28. The Morgan fingerprint density at radius 2 is 2.33 bits per heavy atom. The van der Waals surface area contributed by atoms with Crippen molar-refractivity contribution in [1.29, 1.82) is 0 Å². The third kappa shape index (κ3) is 3.48. The number of morpholine rings is 1. The molecule has 0 saturated carbocycles. The van der Waals surface area contributed by atoms with E-state index >= 15 is 0 Å². The Hall–Kier alpha value is -1.30. The number of carbonyl (C=O) groups excluding carboxylic acids is 1. The Balaban J connectivity index is 1.63. The van der Waals surface area contributed by atoms with E-state index in [-0.39, 0.29) is 18.0 Å². The van der Waals surface area contributed by atoms with Crippen molar-refractivity contribution in [1.82, 2.24) is 10.6 Å². The van der Waals surface area contributed by atoms with Gasteiger partial charge in [0.25, 0.3) is 0 Å². The quantitative estimate of drug-likeness (QED) is 0.891. The lowest BCUT2D eigenvalue weighted by molar-refractivity contribution is -0.123. The van der Waals surface area contributed by atoms with Gasteiger partial charge in [0.2, 0.25) is 5.91 Å². The molecule has 1 fully saturated rings. The van der Waals surface area contributed by atoms with E-state index in [4.69, 9.17) is 21.1 Å². The van der Waals surface area contributed by atoms with Gasteiger partial charge in [0.15, 0.2) is 0 Å². The summed E-state index contributed by atoms with van der Waals surface area (Å²) in [5.74, 6) is 0.714. The van der Waals surface area contributed by atoms with Gasteiger partial charge in [-0.15, -0.1) is 0 Å². The van der Waals surface area contributed by atoms with E-state index in [0.29, 0.717) is 37.0 Å². The van der Waals surface area contributed by atoms with Crippen LogP contribution in [0.15, 0.2) is 18.2 Å². The van der Waals surface area contributed by atoms with Gasteiger partial charge in [-0.3, -0.25) is 4.79 Å². The number of rotatable bonds is 3. The summed E-state index contributed by atoms with van der Waals surface area (Å²) in [7, 11) is 0. The highest BCUT2D eigenvalue weighted by Gasteiger charge is 2.26. The molecule has 21 heavy (non-hydrogen) atoms. The maximum Gasteiger partial charge on any atom is 0.222 e. The van der Waals surface area contributed by atoms with E-state index in [1.165, 1.54) is 0 Å². The Morgan fingerprint density at radius 1 is 1.43 bits per heavy atom. The molecular weight excluding hydrogens is 292 g/mol. The second-order valence-corrected chi connectivity index (χ2v) is 5.75. The van der Waals surface area contributed by atoms with E-state index in [0.717, 1.165) is 18.5 Å². The lowest BCUT2D eigenvalue weighted by atomic mass is 10.00. The van der Waals surface area contributed by atoms with Gasteiger partial charge in [0.1, 0.15) is 5.75 Å². The fraction of sp³-hybridized carbons (Fsp3) is 0.533. The maximum atomic E-state index is 12.2. The zero-order valence-electron chi connectivity index (χ0n) is 11.7. The van der Waals surface area contributed by atoms with Crippen molar-refractivity contribution in [3.05, 3.63) is 28.8 Å². The normalized spacial score (nSPS) is 24.8. The van der Waals surface area contributed by atoms with Crippen LogP contribution in [0.4, 0.5) is 0 Å². The predicted molar refractivity (Wildman–Crippen MR) is 79.7 cm³/mol. The molecule has 1 amide bonds. The molecule has 1 aromatic carbocycles. The first-order valence-corrected chi connectivity index (χ1v) is 7.63. The van der Waals surface area contributed by atoms with Crippen LogP contribution in [0.2, 0.25) is 5.02 Å². The molecule has 1 saturated heterocycles. The predicted octanol–water partition coefficient (Wildman–Crippen LogP) is 1.66. The molecule has 0 bridgehead atoms. The van der Waals surface area contributed by atoms with Crippen molar-refractivity contribution >= 4 is 17.5 Å². The van der Waals surface area contributed by atoms with Gasteiger partial charge in [0.05, 0.1) is 30.9 Å². The molecule has 0 aromatic heterocycles. The third-order valence-electron chi connectivity index (χ3n) is 3.79. The van der Waals surface area contributed by atoms with Crippen molar-refractivity contribution < 1.29 is 14.3 Å². The highest BCUT2D eigenvalue weighted by atomic mass is 35.5. The van der Waals surface area contributed by atoms with Crippen LogP contribution < -0.4 is 15.4 Å². The number of nitrogens with one attached hydrogen (secondary N) is 2. The number of para-hydroxylation sites is 1. The summed E-state index contributed by atoms with van der Waals surface area (Å²) >= 11 is 6.14. The number of ether oxygens (including phenoxy) is 2. The van der Waals surface area contributed by atoms with Crippen LogP contribution in [0.1, 0.15) is 24.4 Å². The van der Waals surface area contributed by atoms with Crippen LogP contribution in [0, 0.1) is 0 Å². The molecule has 0 radical (unpaired) electrons. The van der Waals surface area contributed by atoms with Crippen molar-refractivity contribution in [2.24, 2.45) is 0 Å². The van der Waals surface area contributed by atoms with E-state index in [9.17, 15) is 4.79 Å². The number of hydrogen-bond acceptors (Lipinski definition) is 4. The van der Waals surface area contributed by atoms with Gasteiger partial charge >= 0.3 is 0 Å². The molecule has 2 atom stereocenters. The van der Waals surface area contributed by atoms with Gasteiger partial charge < -0.3 is 20.1 Å². The van der Waals surface area contributed by atoms with Crippen molar-refractivity contribution in [2.45, 2.75) is 24.9 Å². The highest BCUT2D eigenvalue weighted by molar-refractivity contribution is 6.32. The minimum absolute atomic E-state index is 0.0239. The Morgan fingerprint density at radius 3 is 3.14 bits per heavy atom. The summed E-state index contributed by atoms with van der Waals surface area (Å²) in [5, 5.41) is 6.95. The molecule has 114 valence electrons. The van der Waals surface area contributed by atoms with Crippen LogP contribution >= 0.6 is 11.6 Å². The fourth-order valence-electron chi connectivity index (χ4n) is 2.76. The summed E-state index contributed by atoms with van der Waals surface area (Å²) < 4.78 is 11.0. The smallest absolute Gasteiger partial charge is 0.222 e. The zero-order chi connectivity index (χ0) is 14.7. The standard InChI is InChI=1S/C15H19ClN2O3/c16-12-3-1-2-11-13(4-6-21-15(11)12)18-14(19)8-10-9-20-7-5-17-10/h1-3,10,13,17H,4-9H2,(H,18,19). The number of fused-ring (bicyclic) bond motifs is 1. The second kappa shape index (κ2) is 6.64. The average Bonchev–Trinajstić information content (AvgIpc) is 2.49. The summed E-state index contributed by atoms with van der Waals surface area (Å²) in [5.41, 5.74) is 0.954. The summed E-state index contributed by atoms with van der Waals surface area (Å²) in [6, 6.07) is 5.69. The summed E-state index contributed by atoms with van der Waals surface area (Å²) in [4.78, 5) is 12.2. The number of amides is 1. The molecule has 5 nitrogen and oxygen atoms in total. The molecule has 2 unspecified atom stereocenters. The van der Waals surface area contributed by atoms with Gasteiger partial charge in [-0.1, -0.05) is 23.7 Å². The van der Waals surface area contributed by atoms with Gasteiger partial charge in [-0.2, -0.15) is 0 Å². The minimum atomic E-state index is -0.0375. The number of benzene rings is 1. The maximum absolute atomic E-state index is 12.2. The molecule has 0 aliphatic carbocycles. The first-order valence-electron chi connectivity index (χ1n) is 7.26. The summed E-state index contributed by atoms with van der Waals surface area (Å²) in [6.07, 6.45) is 1.18. The number of hydrogen-bond donors (Lipinski definition) is 2. The Bertz CT molecular complexity index is 518. The molecule has 6 heteroatoms. The lowest BCUT2D eigenvalue weighted by Crippen LogP contribution is -2.45. The monoisotopic (exact) mass is 310 g/mol. The molecule has 2 N–H and O–H groups in total. The van der Waals surface area contributed by atoms with Crippen molar-refractivity contribution in [3.63, 3.8) is 0 Å². The largest absolute Gasteiger partial charge is 0.492 e. The first kappa shape index (κ1) is 14.6. The van der Waals surface area contributed by atoms with Crippen LogP contribution in [0.5, 0.6) is 5.75 Å². The van der Waals surface area contributed by atoms with E-state index in [1.807, 2.05) is 12.1 Å². The Labute approximate surface area is 128 Å². The topological polar surface area (TPSA) is 59.6 Å². The molecule has 3 rings (SSSR count). The fourth-order valence-corrected chi connectivity index (χ4v) is 3.00. The van der Waals surface area contributed by atoms with Crippen molar-refractivity contribution in [3.8, 4) is 5.75 Å². The summed E-state index contributed by atoms with van der Waals surface area (Å²) in [6.45, 7) is 2.66. The van der Waals surface area contributed by atoms with E-state index in [1.54, 1.807) is 6.07 Å². The third-order valence-corrected chi connectivity index (χ3v) is 4.09.